The number of hydrogen-bond acceptors (Lipinski definition) is 4. The average Bonchev–Trinajstić information content (AvgIpc) is 2.68. The highest BCUT2D eigenvalue weighted by Gasteiger charge is 2.25. The van der Waals surface area contributed by atoms with Crippen molar-refractivity contribution in [1.29, 1.82) is 0 Å². The molecule has 2 aliphatic rings. The first-order valence-corrected chi connectivity index (χ1v) is 8.63. The van der Waals surface area contributed by atoms with Gasteiger partial charge in [-0.15, -0.1) is 0 Å². The highest BCUT2D eigenvalue weighted by Crippen LogP contribution is 2.26. The molecular formula is C20H21N3O2. The minimum absolute atomic E-state index is 0.0898. The normalized spacial score (nSPS) is 17.4. The smallest absolute Gasteiger partial charge is 0.253 e. The van der Waals surface area contributed by atoms with Crippen LogP contribution in [0.15, 0.2) is 54.2 Å². The summed E-state index contributed by atoms with van der Waals surface area (Å²) in [4.78, 5) is 21.4. The Morgan fingerprint density at radius 1 is 1.04 bits per heavy atom. The number of pyridine rings is 1. The summed E-state index contributed by atoms with van der Waals surface area (Å²) in [6.45, 7) is 4.40. The Hall–Kier alpha value is -2.66. The fourth-order valence-electron chi connectivity index (χ4n) is 3.27. The highest BCUT2D eigenvalue weighted by atomic mass is 16.5. The van der Waals surface area contributed by atoms with Crippen molar-refractivity contribution >= 4 is 12.0 Å². The standard InChI is InChI=1S/C20H21N3O2/c24-20(17-13-16-5-1-2-7-19(16)25-15-17)23-11-9-22(10-12-23)14-18-6-3-4-8-21-18/h1-8,13H,9-12,14-15H2. The molecule has 1 fully saturated rings. The zero-order valence-electron chi connectivity index (χ0n) is 14.1. The summed E-state index contributed by atoms with van der Waals surface area (Å²) < 4.78 is 5.71. The fraction of sp³-hybridized carbons (Fsp3) is 0.300. The van der Waals surface area contributed by atoms with Crippen LogP contribution >= 0.6 is 0 Å². The van der Waals surface area contributed by atoms with Gasteiger partial charge in [0, 0.05) is 44.5 Å². The highest BCUT2D eigenvalue weighted by molar-refractivity contribution is 5.99. The molecule has 128 valence electrons. The molecule has 0 radical (unpaired) electrons. The SMILES string of the molecule is O=C(C1=Cc2ccccc2OC1)N1CCN(Cc2ccccn2)CC1. The Morgan fingerprint density at radius 2 is 1.84 bits per heavy atom. The van der Waals surface area contributed by atoms with E-state index in [0.29, 0.717) is 6.61 Å². The number of hydrogen-bond donors (Lipinski definition) is 0. The van der Waals surface area contributed by atoms with E-state index in [1.165, 1.54) is 0 Å². The zero-order valence-corrected chi connectivity index (χ0v) is 14.1. The maximum atomic E-state index is 12.8. The third-order valence-electron chi connectivity index (χ3n) is 4.68. The number of aromatic nitrogens is 1. The molecule has 2 aromatic rings. The van der Waals surface area contributed by atoms with Crippen molar-refractivity contribution in [2.24, 2.45) is 0 Å². The van der Waals surface area contributed by atoms with Crippen LogP contribution in [0.1, 0.15) is 11.3 Å². The van der Waals surface area contributed by atoms with Gasteiger partial charge >= 0.3 is 0 Å². The second kappa shape index (κ2) is 7.07. The number of ether oxygens (including phenoxy) is 1. The van der Waals surface area contributed by atoms with Crippen molar-refractivity contribution in [3.63, 3.8) is 0 Å². The number of benzene rings is 1. The van der Waals surface area contributed by atoms with Crippen molar-refractivity contribution in [3.05, 3.63) is 65.5 Å². The van der Waals surface area contributed by atoms with Gasteiger partial charge in [-0.3, -0.25) is 14.7 Å². The molecule has 0 spiro atoms. The quantitative estimate of drug-likeness (QED) is 0.863. The van der Waals surface area contributed by atoms with Crippen molar-refractivity contribution < 1.29 is 9.53 Å². The van der Waals surface area contributed by atoms with Gasteiger partial charge in [0.05, 0.1) is 11.3 Å². The Balaban J connectivity index is 1.36. The van der Waals surface area contributed by atoms with Gasteiger partial charge in [-0.05, 0) is 24.3 Å². The molecule has 1 amide bonds. The molecule has 3 heterocycles. The van der Waals surface area contributed by atoms with Gasteiger partial charge in [0.2, 0.25) is 0 Å². The summed E-state index contributed by atoms with van der Waals surface area (Å²) in [5.41, 5.74) is 2.78. The van der Waals surface area contributed by atoms with Crippen LogP contribution in [0.3, 0.4) is 0 Å². The molecule has 4 rings (SSSR count). The molecular weight excluding hydrogens is 314 g/mol. The predicted octanol–water partition coefficient (Wildman–Crippen LogP) is 2.20. The van der Waals surface area contributed by atoms with E-state index in [0.717, 1.165) is 55.3 Å². The first-order valence-electron chi connectivity index (χ1n) is 8.63. The van der Waals surface area contributed by atoms with E-state index in [4.69, 9.17) is 4.74 Å². The van der Waals surface area contributed by atoms with Crippen molar-refractivity contribution in [3.8, 4) is 5.75 Å². The third kappa shape index (κ3) is 3.56. The van der Waals surface area contributed by atoms with Gasteiger partial charge in [0.1, 0.15) is 12.4 Å². The van der Waals surface area contributed by atoms with Crippen LogP contribution in [-0.4, -0.2) is 53.5 Å². The van der Waals surface area contributed by atoms with Gasteiger partial charge in [0.25, 0.3) is 5.91 Å². The zero-order chi connectivity index (χ0) is 17.1. The minimum atomic E-state index is 0.0898. The molecule has 25 heavy (non-hydrogen) atoms. The number of amides is 1. The van der Waals surface area contributed by atoms with E-state index < -0.39 is 0 Å². The summed E-state index contributed by atoms with van der Waals surface area (Å²) >= 11 is 0. The summed E-state index contributed by atoms with van der Waals surface area (Å²) in [6, 6.07) is 13.8. The van der Waals surface area contributed by atoms with Gasteiger partial charge < -0.3 is 9.64 Å². The number of carbonyl (C=O) groups is 1. The Labute approximate surface area is 147 Å². The second-order valence-electron chi connectivity index (χ2n) is 6.39. The van der Waals surface area contributed by atoms with E-state index in [2.05, 4.69) is 9.88 Å². The number of nitrogens with zero attached hydrogens (tertiary/aromatic N) is 3. The first-order chi connectivity index (χ1) is 12.3. The predicted molar refractivity (Wildman–Crippen MR) is 96.0 cm³/mol. The average molecular weight is 335 g/mol. The Morgan fingerprint density at radius 3 is 2.64 bits per heavy atom. The van der Waals surface area contributed by atoms with Crippen LogP contribution in [-0.2, 0) is 11.3 Å². The maximum Gasteiger partial charge on any atom is 0.253 e. The molecule has 0 atom stereocenters. The molecule has 5 heteroatoms. The molecule has 1 aromatic heterocycles. The fourth-order valence-corrected chi connectivity index (χ4v) is 3.27. The van der Waals surface area contributed by atoms with Crippen molar-refractivity contribution in [1.82, 2.24) is 14.8 Å². The van der Waals surface area contributed by atoms with Crippen LogP contribution < -0.4 is 4.74 Å². The first kappa shape index (κ1) is 15.8. The van der Waals surface area contributed by atoms with E-state index in [1.54, 1.807) is 0 Å². The number of piperazine rings is 1. The summed E-state index contributed by atoms with van der Waals surface area (Å²) in [5, 5.41) is 0. The molecule has 0 saturated carbocycles. The Kier molecular flexibility index (Phi) is 4.48. The minimum Gasteiger partial charge on any atom is -0.488 e. The molecule has 2 aliphatic heterocycles. The van der Waals surface area contributed by atoms with Gasteiger partial charge in [-0.2, -0.15) is 0 Å². The largest absolute Gasteiger partial charge is 0.488 e. The van der Waals surface area contributed by atoms with Crippen LogP contribution in [0.5, 0.6) is 5.75 Å². The van der Waals surface area contributed by atoms with Gasteiger partial charge in [0.15, 0.2) is 0 Å². The van der Waals surface area contributed by atoms with E-state index in [1.807, 2.05) is 59.6 Å². The van der Waals surface area contributed by atoms with Crippen LogP contribution in [0.2, 0.25) is 0 Å². The Bertz CT molecular complexity index is 781. The van der Waals surface area contributed by atoms with E-state index >= 15 is 0 Å². The van der Waals surface area contributed by atoms with Crippen molar-refractivity contribution in [2.75, 3.05) is 32.8 Å². The van der Waals surface area contributed by atoms with Crippen LogP contribution in [0.25, 0.3) is 6.08 Å². The molecule has 0 bridgehead atoms. The molecule has 0 N–H and O–H groups in total. The lowest BCUT2D eigenvalue weighted by molar-refractivity contribution is -0.129. The lowest BCUT2D eigenvalue weighted by Gasteiger charge is -2.35. The number of carbonyl (C=O) groups excluding carboxylic acids is 1. The summed E-state index contributed by atoms with van der Waals surface area (Å²) in [7, 11) is 0. The topological polar surface area (TPSA) is 45.7 Å². The molecule has 5 nitrogen and oxygen atoms in total. The van der Waals surface area contributed by atoms with Gasteiger partial charge in [-0.25, -0.2) is 0 Å². The summed E-state index contributed by atoms with van der Waals surface area (Å²) in [5.74, 6) is 0.936. The molecule has 0 unspecified atom stereocenters. The summed E-state index contributed by atoms with van der Waals surface area (Å²) in [6.07, 6.45) is 3.78. The number of para-hydroxylation sites is 1. The maximum absolute atomic E-state index is 12.8. The molecule has 1 aromatic carbocycles. The van der Waals surface area contributed by atoms with E-state index in [-0.39, 0.29) is 5.91 Å². The number of fused-ring (bicyclic) bond motifs is 1. The molecule has 0 aliphatic carbocycles. The van der Waals surface area contributed by atoms with Crippen molar-refractivity contribution in [2.45, 2.75) is 6.54 Å². The monoisotopic (exact) mass is 335 g/mol. The molecule has 1 saturated heterocycles. The second-order valence-corrected chi connectivity index (χ2v) is 6.39. The van der Waals surface area contributed by atoms with Crippen LogP contribution in [0.4, 0.5) is 0 Å². The number of rotatable bonds is 3. The lowest BCUT2D eigenvalue weighted by atomic mass is 10.1. The third-order valence-corrected chi connectivity index (χ3v) is 4.68. The lowest BCUT2D eigenvalue weighted by Crippen LogP contribution is -2.49. The van der Waals surface area contributed by atoms with E-state index in [9.17, 15) is 4.79 Å². The van der Waals surface area contributed by atoms with Crippen LogP contribution in [0, 0.1) is 0 Å². The van der Waals surface area contributed by atoms with Gasteiger partial charge in [-0.1, -0.05) is 24.3 Å².